The summed E-state index contributed by atoms with van der Waals surface area (Å²) < 4.78 is 5.96. The summed E-state index contributed by atoms with van der Waals surface area (Å²) in [4.78, 5) is 24.8. The molecule has 2 rings (SSSR count). The standard InChI is InChI=1S/C17H16BrNO3S/c1-11-8-9-23-15(11)6-7-16(20)22-12(2)17(21)19-14-5-3-4-13(18)10-14/h3-10,12H,1-2H3,(H,19,21)/b7-6+/t12-/m0/s1. The van der Waals surface area contributed by atoms with Gasteiger partial charge >= 0.3 is 5.97 Å². The summed E-state index contributed by atoms with van der Waals surface area (Å²) in [7, 11) is 0. The normalized spacial score (nSPS) is 12.1. The molecule has 0 unspecified atom stereocenters. The number of benzene rings is 1. The molecule has 0 saturated heterocycles. The van der Waals surface area contributed by atoms with Crippen LogP contribution in [0.5, 0.6) is 0 Å². The van der Waals surface area contributed by atoms with E-state index in [9.17, 15) is 9.59 Å². The molecule has 0 aliphatic carbocycles. The maximum Gasteiger partial charge on any atom is 0.331 e. The molecule has 0 saturated carbocycles. The fourth-order valence-corrected chi connectivity index (χ4v) is 2.99. The molecule has 4 nitrogen and oxygen atoms in total. The van der Waals surface area contributed by atoms with E-state index in [-0.39, 0.29) is 5.91 Å². The lowest BCUT2D eigenvalue weighted by Gasteiger charge is -2.12. The number of hydrogen-bond donors (Lipinski definition) is 1. The van der Waals surface area contributed by atoms with E-state index in [1.54, 1.807) is 29.5 Å². The Kier molecular flexibility index (Phi) is 6.12. The summed E-state index contributed by atoms with van der Waals surface area (Å²) in [5.74, 6) is -0.924. The van der Waals surface area contributed by atoms with E-state index in [1.807, 2.05) is 30.5 Å². The number of esters is 1. The van der Waals surface area contributed by atoms with Crippen molar-refractivity contribution in [2.45, 2.75) is 20.0 Å². The van der Waals surface area contributed by atoms with Gasteiger partial charge in [0, 0.05) is 21.1 Å². The van der Waals surface area contributed by atoms with Crippen molar-refractivity contribution in [3.8, 4) is 0 Å². The molecular formula is C17H16BrNO3S. The molecule has 1 amide bonds. The highest BCUT2D eigenvalue weighted by Gasteiger charge is 2.16. The second-order valence-corrected chi connectivity index (χ2v) is 6.74. The van der Waals surface area contributed by atoms with Crippen LogP contribution in [0.4, 0.5) is 5.69 Å². The zero-order valence-corrected chi connectivity index (χ0v) is 15.1. The number of thiophene rings is 1. The maximum atomic E-state index is 12.0. The minimum Gasteiger partial charge on any atom is -0.449 e. The van der Waals surface area contributed by atoms with Gasteiger partial charge in [-0.2, -0.15) is 0 Å². The Morgan fingerprint density at radius 3 is 2.78 bits per heavy atom. The van der Waals surface area contributed by atoms with Crippen molar-refractivity contribution in [3.63, 3.8) is 0 Å². The highest BCUT2D eigenvalue weighted by atomic mass is 79.9. The largest absolute Gasteiger partial charge is 0.449 e. The number of halogens is 1. The molecule has 0 aliphatic rings. The van der Waals surface area contributed by atoms with Gasteiger partial charge in [0.05, 0.1) is 0 Å². The average molecular weight is 394 g/mol. The predicted molar refractivity (Wildman–Crippen MR) is 96.4 cm³/mol. The third kappa shape index (κ3) is 5.33. The topological polar surface area (TPSA) is 55.4 Å². The van der Waals surface area contributed by atoms with E-state index < -0.39 is 12.1 Å². The first-order valence-electron chi connectivity index (χ1n) is 6.95. The number of carbonyl (C=O) groups excluding carboxylic acids is 2. The van der Waals surface area contributed by atoms with Gasteiger partial charge in [0.25, 0.3) is 5.91 Å². The number of rotatable bonds is 5. The van der Waals surface area contributed by atoms with Gasteiger partial charge in [-0.3, -0.25) is 4.79 Å². The van der Waals surface area contributed by atoms with Gasteiger partial charge < -0.3 is 10.1 Å². The van der Waals surface area contributed by atoms with Crippen LogP contribution < -0.4 is 5.32 Å². The van der Waals surface area contributed by atoms with Crippen molar-refractivity contribution in [1.82, 2.24) is 0 Å². The van der Waals surface area contributed by atoms with Crippen molar-refractivity contribution < 1.29 is 14.3 Å². The van der Waals surface area contributed by atoms with E-state index in [1.165, 1.54) is 13.0 Å². The minimum absolute atomic E-state index is 0.378. The molecule has 0 bridgehead atoms. The van der Waals surface area contributed by atoms with Crippen LogP contribution in [-0.4, -0.2) is 18.0 Å². The number of carbonyl (C=O) groups is 2. The highest BCUT2D eigenvalue weighted by Crippen LogP contribution is 2.18. The summed E-state index contributed by atoms with van der Waals surface area (Å²) >= 11 is 4.87. The number of anilines is 1. The Balaban J connectivity index is 1.89. The van der Waals surface area contributed by atoms with Gasteiger partial charge in [-0.25, -0.2) is 4.79 Å². The summed E-state index contributed by atoms with van der Waals surface area (Å²) in [6, 6.07) is 9.17. The van der Waals surface area contributed by atoms with Crippen LogP contribution in [0.15, 0.2) is 46.3 Å². The van der Waals surface area contributed by atoms with Crippen molar-refractivity contribution in [2.75, 3.05) is 5.32 Å². The fourth-order valence-electron chi connectivity index (χ4n) is 1.78. The first-order valence-corrected chi connectivity index (χ1v) is 8.62. The Morgan fingerprint density at radius 1 is 1.35 bits per heavy atom. The number of hydrogen-bond acceptors (Lipinski definition) is 4. The third-order valence-corrected chi connectivity index (χ3v) is 4.50. The SMILES string of the molecule is Cc1ccsc1/C=C/C(=O)O[C@@H](C)C(=O)Nc1cccc(Br)c1. The molecule has 23 heavy (non-hydrogen) atoms. The lowest BCUT2D eigenvalue weighted by Crippen LogP contribution is -2.29. The van der Waals surface area contributed by atoms with Gasteiger partial charge in [-0.15, -0.1) is 11.3 Å². The van der Waals surface area contributed by atoms with E-state index in [4.69, 9.17) is 4.74 Å². The predicted octanol–water partition coefficient (Wildman–Crippen LogP) is 4.40. The molecule has 0 aliphatic heterocycles. The molecule has 0 spiro atoms. The highest BCUT2D eigenvalue weighted by molar-refractivity contribution is 9.10. The van der Waals surface area contributed by atoms with E-state index in [2.05, 4.69) is 21.2 Å². The first kappa shape index (κ1) is 17.4. The van der Waals surface area contributed by atoms with E-state index in [0.717, 1.165) is 14.9 Å². The van der Waals surface area contributed by atoms with Crippen LogP contribution in [0, 0.1) is 6.92 Å². The first-order chi connectivity index (χ1) is 11.0. The molecule has 0 fully saturated rings. The quantitative estimate of drug-likeness (QED) is 0.604. The third-order valence-electron chi connectivity index (χ3n) is 3.03. The molecule has 1 heterocycles. The van der Waals surface area contributed by atoms with Crippen molar-refractivity contribution in [1.29, 1.82) is 0 Å². The molecule has 2 aromatic rings. The van der Waals surface area contributed by atoms with Crippen LogP contribution in [-0.2, 0) is 14.3 Å². The van der Waals surface area contributed by atoms with Gasteiger partial charge in [0.2, 0.25) is 0 Å². The molecule has 6 heteroatoms. The van der Waals surface area contributed by atoms with Crippen molar-refractivity contribution in [3.05, 3.63) is 56.7 Å². The van der Waals surface area contributed by atoms with Crippen molar-refractivity contribution >= 4 is 50.9 Å². The number of ether oxygens (including phenoxy) is 1. The molecule has 1 aromatic carbocycles. The summed E-state index contributed by atoms with van der Waals surface area (Å²) in [6.07, 6.45) is 2.15. The monoisotopic (exact) mass is 393 g/mol. The second-order valence-electron chi connectivity index (χ2n) is 4.88. The smallest absolute Gasteiger partial charge is 0.331 e. The van der Waals surface area contributed by atoms with Crippen LogP contribution in [0.2, 0.25) is 0 Å². The Labute approximate surface area is 147 Å². The number of aryl methyl sites for hydroxylation is 1. The molecule has 1 atom stereocenters. The van der Waals surface area contributed by atoms with Gasteiger partial charge in [0.15, 0.2) is 6.10 Å². The molecule has 120 valence electrons. The molecule has 1 N–H and O–H groups in total. The van der Waals surface area contributed by atoms with E-state index >= 15 is 0 Å². The van der Waals surface area contributed by atoms with E-state index in [0.29, 0.717) is 5.69 Å². The Morgan fingerprint density at radius 2 is 2.13 bits per heavy atom. The summed E-state index contributed by atoms with van der Waals surface area (Å²) in [5, 5.41) is 4.65. The molecule has 0 radical (unpaired) electrons. The van der Waals surface area contributed by atoms with Crippen LogP contribution in [0.1, 0.15) is 17.4 Å². The Hall–Kier alpha value is -1.92. The van der Waals surface area contributed by atoms with Crippen LogP contribution >= 0.6 is 27.3 Å². The lowest BCUT2D eigenvalue weighted by atomic mass is 10.3. The lowest BCUT2D eigenvalue weighted by molar-refractivity contribution is -0.148. The minimum atomic E-state index is -0.879. The van der Waals surface area contributed by atoms with Gasteiger partial charge in [-0.1, -0.05) is 22.0 Å². The summed E-state index contributed by atoms with van der Waals surface area (Å²) in [5.41, 5.74) is 1.73. The van der Waals surface area contributed by atoms with Gasteiger partial charge in [-0.05, 0) is 55.1 Å². The zero-order chi connectivity index (χ0) is 16.8. The Bertz CT molecular complexity index is 739. The maximum absolute atomic E-state index is 12.0. The molecular weight excluding hydrogens is 378 g/mol. The number of nitrogens with one attached hydrogen (secondary N) is 1. The molecule has 1 aromatic heterocycles. The van der Waals surface area contributed by atoms with Crippen LogP contribution in [0.3, 0.4) is 0 Å². The second kappa shape index (κ2) is 8.08. The van der Waals surface area contributed by atoms with Crippen LogP contribution in [0.25, 0.3) is 6.08 Å². The van der Waals surface area contributed by atoms with Crippen molar-refractivity contribution in [2.24, 2.45) is 0 Å². The summed E-state index contributed by atoms with van der Waals surface area (Å²) in [6.45, 7) is 3.50. The van der Waals surface area contributed by atoms with Gasteiger partial charge in [0.1, 0.15) is 0 Å². The number of amides is 1. The zero-order valence-electron chi connectivity index (χ0n) is 12.7. The fraction of sp³-hybridized carbons (Fsp3) is 0.176. The average Bonchev–Trinajstić information content (AvgIpc) is 2.90.